The van der Waals surface area contributed by atoms with Crippen molar-refractivity contribution in [1.29, 1.82) is 0 Å². The van der Waals surface area contributed by atoms with Crippen molar-refractivity contribution < 1.29 is 14.4 Å². The standard InChI is InChI=1S/C23H24ClN3O3/c24-19-10-8-18(9-11-19)21(28)25-13-15-26(16-14-25)23(30)20-7-4-12-27(20)22(29)17-5-2-1-3-6-17/h1-3,5-6,8-11,20H,4,7,12-16H2/t20-/m1/s1. The number of likely N-dealkylation sites (tertiary alicyclic amines) is 1. The van der Waals surface area contributed by atoms with E-state index < -0.39 is 6.04 Å². The smallest absolute Gasteiger partial charge is 0.254 e. The van der Waals surface area contributed by atoms with Crippen molar-refractivity contribution >= 4 is 29.3 Å². The summed E-state index contributed by atoms with van der Waals surface area (Å²) < 4.78 is 0. The van der Waals surface area contributed by atoms with Gasteiger partial charge in [-0.15, -0.1) is 0 Å². The van der Waals surface area contributed by atoms with Crippen LogP contribution in [0.15, 0.2) is 54.6 Å². The number of rotatable bonds is 3. The highest BCUT2D eigenvalue weighted by Gasteiger charge is 2.38. The van der Waals surface area contributed by atoms with E-state index in [2.05, 4.69) is 0 Å². The molecule has 0 N–H and O–H groups in total. The van der Waals surface area contributed by atoms with Crippen molar-refractivity contribution in [3.63, 3.8) is 0 Å². The van der Waals surface area contributed by atoms with Crippen LogP contribution in [-0.2, 0) is 4.79 Å². The molecule has 30 heavy (non-hydrogen) atoms. The van der Waals surface area contributed by atoms with E-state index in [1.807, 2.05) is 18.2 Å². The Balaban J connectivity index is 1.37. The van der Waals surface area contributed by atoms with Gasteiger partial charge in [-0.3, -0.25) is 14.4 Å². The lowest BCUT2D eigenvalue weighted by atomic mass is 10.1. The Morgan fingerprint density at radius 2 is 1.33 bits per heavy atom. The summed E-state index contributed by atoms with van der Waals surface area (Å²) in [6.07, 6.45) is 1.51. The van der Waals surface area contributed by atoms with Gasteiger partial charge in [-0.05, 0) is 49.2 Å². The Bertz CT molecular complexity index is 924. The van der Waals surface area contributed by atoms with Crippen LogP contribution in [0.25, 0.3) is 0 Å². The number of hydrogen-bond donors (Lipinski definition) is 0. The minimum absolute atomic E-state index is 0.0182. The first-order chi connectivity index (χ1) is 14.5. The van der Waals surface area contributed by atoms with Crippen molar-refractivity contribution in [2.75, 3.05) is 32.7 Å². The summed E-state index contributed by atoms with van der Waals surface area (Å²) in [7, 11) is 0. The van der Waals surface area contributed by atoms with Crippen LogP contribution >= 0.6 is 11.6 Å². The Kier molecular flexibility index (Phi) is 6.04. The first kappa shape index (κ1) is 20.4. The van der Waals surface area contributed by atoms with E-state index in [1.54, 1.807) is 51.1 Å². The number of amides is 3. The highest BCUT2D eigenvalue weighted by atomic mass is 35.5. The molecule has 1 atom stereocenters. The van der Waals surface area contributed by atoms with Gasteiger partial charge in [-0.2, -0.15) is 0 Å². The number of carbonyl (C=O) groups is 3. The van der Waals surface area contributed by atoms with Gasteiger partial charge >= 0.3 is 0 Å². The Morgan fingerprint density at radius 3 is 2.00 bits per heavy atom. The Morgan fingerprint density at radius 1 is 0.733 bits per heavy atom. The van der Waals surface area contributed by atoms with Crippen LogP contribution in [0.1, 0.15) is 33.6 Å². The molecule has 0 unspecified atom stereocenters. The number of piperazine rings is 1. The first-order valence-corrected chi connectivity index (χ1v) is 10.6. The third-order valence-electron chi connectivity index (χ3n) is 5.79. The lowest BCUT2D eigenvalue weighted by Crippen LogP contribution is -2.55. The third-order valence-corrected chi connectivity index (χ3v) is 6.04. The van der Waals surface area contributed by atoms with Gasteiger partial charge in [-0.1, -0.05) is 29.8 Å². The lowest BCUT2D eigenvalue weighted by Gasteiger charge is -2.37. The van der Waals surface area contributed by atoms with Crippen molar-refractivity contribution in [2.24, 2.45) is 0 Å². The molecule has 6 nitrogen and oxygen atoms in total. The highest BCUT2D eigenvalue weighted by Crippen LogP contribution is 2.23. The minimum atomic E-state index is -0.420. The first-order valence-electron chi connectivity index (χ1n) is 10.2. The van der Waals surface area contributed by atoms with Crippen LogP contribution in [0, 0.1) is 0 Å². The largest absolute Gasteiger partial charge is 0.337 e. The molecule has 156 valence electrons. The molecule has 0 spiro atoms. The maximum Gasteiger partial charge on any atom is 0.254 e. The van der Waals surface area contributed by atoms with Gasteiger partial charge in [0.1, 0.15) is 6.04 Å². The molecule has 3 amide bonds. The van der Waals surface area contributed by atoms with E-state index in [-0.39, 0.29) is 17.7 Å². The fourth-order valence-electron chi connectivity index (χ4n) is 4.13. The molecular weight excluding hydrogens is 402 g/mol. The van der Waals surface area contributed by atoms with Crippen LogP contribution in [0.4, 0.5) is 0 Å². The molecule has 2 heterocycles. The summed E-state index contributed by atoms with van der Waals surface area (Å²) >= 11 is 5.89. The fourth-order valence-corrected chi connectivity index (χ4v) is 4.25. The zero-order valence-corrected chi connectivity index (χ0v) is 17.4. The van der Waals surface area contributed by atoms with Gasteiger partial charge in [0.15, 0.2) is 0 Å². The molecule has 2 aliphatic heterocycles. The van der Waals surface area contributed by atoms with Crippen LogP contribution in [-0.4, -0.2) is 71.2 Å². The quantitative estimate of drug-likeness (QED) is 0.759. The SMILES string of the molecule is O=C(c1ccc(Cl)cc1)N1CCN(C(=O)[C@H]2CCCN2C(=O)c2ccccc2)CC1. The zero-order chi connectivity index (χ0) is 21.1. The maximum atomic E-state index is 13.1. The summed E-state index contributed by atoms with van der Waals surface area (Å²) in [5, 5.41) is 0.591. The third kappa shape index (κ3) is 4.19. The lowest BCUT2D eigenvalue weighted by molar-refractivity contribution is -0.136. The Hall–Kier alpha value is -2.86. The van der Waals surface area contributed by atoms with Crippen LogP contribution < -0.4 is 0 Å². The van der Waals surface area contributed by atoms with Crippen molar-refractivity contribution in [3.05, 3.63) is 70.7 Å². The summed E-state index contributed by atoms with van der Waals surface area (Å²) in [6.45, 7) is 2.50. The molecule has 0 saturated carbocycles. The van der Waals surface area contributed by atoms with Gasteiger partial charge in [0.05, 0.1) is 0 Å². The second-order valence-electron chi connectivity index (χ2n) is 7.65. The van der Waals surface area contributed by atoms with E-state index in [4.69, 9.17) is 11.6 Å². The number of benzene rings is 2. The van der Waals surface area contributed by atoms with E-state index in [1.165, 1.54) is 0 Å². The summed E-state index contributed by atoms with van der Waals surface area (Å²) in [4.78, 5) is 43.9. The second kappa shape index (κ2) is 8.88. The minimum Gasteiger partial charge on any atom is -0.337 e. The molecule has 0 radical (unpaired) electrons. The van der Waals surface area contributed by atoms with E-state index in [9.17, 15) is 14.4 Å². The molecule has 0 aromatic heterocycles. The van der Waals surface area contributed by atoms with Crippen molar-refractivity contribution in [1.82, 2.24) is 14.7 Å². The predicted molar refractivity (Wildman–Crippen MR) is 114 cm³/mol. The molecule has 7 heteroatoms. The maximum absolute atomic E-state index is 13.1. The van der Waals surface area contributed by atoms with Gasteiger partial charge in [0.25, 0.3) is 11.8 Å². The molecule has 2 aliphatic rings. The molecular formula is C23H24ClN3O3. The molecule has 2 aromatic carbocycles. The van der Waals surface area contributed by atoms with Crippen LogP contribution in [0.5, 0.6) is 0 Å². The second-order valence-corrected chi connectivity index (χ2v) is 8.08. The zero-order valence-electron chi connectivity index (χ0n) is 16.7. The molecule has 4 rings (SSSR count). The highest BCUT2D eigenvalue weighted by molar-refractivity contribution is 6.30. The van der Waals surface area contributed by atoms with Gasteiger partial charge < -0.3 is 14.7 Å². The van der Waals surface area contributed by atoms with E-state index >= 15 is 0 Å². The Labute approximate surface area is 181 Å². The molecule has 2 fully saturated rings. The van der Waals surface area contributed by atoms with Crippen LogP contribution in [0.3, 0.4) is 0 Å². The van der Waals surface area contributed by atoms with Gasteiger partial charge in [0.2, 0.25) is 5.91 Å². The predicted octanol–water partition coefficient (Wildman–Crippen LogP) is 2.93. The molecule has 2 aromatic rings. The van der Waals surface area contributed by atoms with E-state index in [0.717, 1.165) is 6.42 Å². The number of carbonyl (C=O) groups excluding carboxylic acids is 3. The summed E-state index contributed by atoms with van der Waals surface area (Å²) in [5.41, 5.74) is 1.20. The summed E-state index contributed by atoms with van der Waals surface area (Å²) in [6, 6.07) is 15.5. The van der Waals surface area contributed by atoms with Gasteiger partial charge in [0, 0.05) is 48.9 Å². The van der Waals surface area contributed by atoms with Gasteiger partial charge in [-0.25, -0.2) is 0 Å². The average molecular weight is 426 g/mol. The van der Waals surface area contributed by atoms with E-state index in [0.29, 0.717) is 55.3 Å². The monoisotopic (exact) mass is 425 g/mol. The topological polar surface area (TPSA) is 60.9 Å². The molecule has 0 aliphatic carbocycles. The molecule has 2 saturated heterocycles. The summed E-state index contributed by atoms with van der Waals surface area (Å²) in [5.74, 6) is -0.168. The normalized spacial score (nSPS) is 19.1. The molecule has 0 bridgehead atoms. The number of nitrogens with zero attached hydrogens (tertiary/aromatic N) is 3. The number of halogens is 1. The van der Waals surface area contributed by atoms with Crippen molar-refractivity contribution in [2.45, 2.75) is 18.9 Å². The van der Waals surface area contributed by atoms with Crippen LogP contribution in [0.2, 0.25) is 5.02 Å². The average Bonchev–Trinajstić information content (AvgIpc) is 3.29. The fraction of sp³-hybridized carbons (Fsp3) is 0.348. The number of hydrogen-bond acceptors (Lipinski definition) is 3. The van der Waals surface area contributed by atoms with Crippen molar-refractivity contribution in [3.8, 4) is 0 Å².